The highest BCUT2D eigenvalue weighted by Crippen LogP contribution is 2.58. The minimum Gasteiger partial charge on any atom is -0.310 e. The molecule has 2 heteroatoms. The third-order valence-electron chi connectivity index (χ3n) is 14.0. The second-order valence-electron chi connectivity index (χ2n) is 19.0. The van der Waals surface area contributed by atoms with E-state index in [1.807, 2.05) is 0 Å². The van der Waals surface area contributed by atoms with Crippen LogP contribution in [0.3, 0.4) is 0 Å². The average Bonchev–Trinajstić information content (AvgIpc) is 3.63. The Morgan fingerprint density at radius 2 is 0.632 bits per heavy atom. The van der Waals surface area contributed by atoms with Gasteiger partial charge >= 0.3 is 0 Å². The number of rotatable bonds is 11. The molecule has 2 nitrogen and oxygen atoms in total. The van der Waals surface area contributed by atoms with Gasteiger partial charge in [-0.15, -0.1) is 0 Å². The summed E-state index contributed by atoms with van der Waals surface area (Å²) in [5.74, 6) is 0. The van der Waals surface area contributed by atoms with Crippen molar-refractivity contribution in [2.75, 3.05) is 9.80 Å². The topological polar surface area (TPSA) is 6.48 Å². The molecule has 68 heavy (non-hydrogen) atoms. The van der Waals surface area contributed by atoms with Crippen LogP contribution in [0.1, 0.15) is 43.9 Å². The molecule has 1 aliphatic rings. The van der Waals surface area contributed by atoms with Gasteiger partial charge in [-0.25, -0.2) is 0 Å². The molecule has 0 aromatic heterocycles. The van der Waals surface area contributed by atoms with Gasteiger partial charge in [0.2, 0.25) is 0 Å². The summed E-state index contributed by atoms with van der Waals surface area (Å²) in [7, 11) is 0. The summed E-state index contributed by atoms with van der Waals surface area (Å²) in [5.41, 5.74) is 20.0. The number of anilines is 6. The predicted molar refractivity (Wildman–Crippen MR) is 288 cm³/mol. The number of hydrogen-bond donors (Lipinski definition) is 0. The Morgan fingerprint density at radius 1 is 0.294 bits per heavy atom. The Bertz CT molecular complexity index is 3120. The zero-order valence-corrected chi connectivity index (χ0v) is 38.9. The first-order valence-electron chi connectivity index (χ1n) is 23.8. The first-order chi connectivity index (χ1) is 33.3. The first-order valence-corrected chi connectivity index (χ1v) is 23.8. The van der Waals surface area contributed by atoms with E-state index in [4.69, 9.17) is 0 Å². The molecule has 0 aliphatic heterocycles. The maximum absolute atomic E-state index is 2.49. The van der Waals surface area contributed by atoms with Gasteiger partial charge in [0.1, 0.15) is 0 Å². The lowest BCUT2D eigenvalue weighted by molar-refractivity contribution is 0.425. The quantitative estimate of drug-likeness (QED) is 0.128. The van der Waals surface area contributed by atoms with Crippen molar-refractivity contribution >= 4 is 34.1 Å². The van der Waals surface area contributed by atoms with E-state index in [2.05, 4.69) is 291 Å². The Balaban J connectivity index is 1.04. The fourth-order valence-corrected chi connectivity index (χ4v) is 10.8. The molecule has 0 amide bonds. The van der Waals surface area contributed by atoms with Gasteiger partial charge in [0.05, 0.1) is 5.69 Å². The molecule has 10 aromatic carbocycles. The monoisotopic (exact) mass is 874 g/mol. The lowest BCUT2D eigenvalue weighted by Crippen LogP contribution is -2.25. The summed E-state index contributed by atoms with van der Waals surface area (Å²) in [6.45, 7) is 7.33. The molecule has 10 aromatic rings. The third kappa shape index (κ3) is 8.09. The van der Waals surface area contributed by atoms with Crippen molar-refractivity contribution in [3.8, 4) is 44.5 Å². The van der Waals surface area contributed by atoms with Crippen molar-refractivity contribution in [3.63, 3.8) is 0 Å². The highest BCUT2D eigenvalue weighted by Gasteiger charge is 2.48. The Labute approximate surface area is 402 Å². The van der Waals surface area contributed by atoms with Crippen molar-refractivity contribution in [2.24, 2.45) is 0 Å². The highest BCUT2D eigenvalue weighted by atomic mass is 15.2. The van der Waals surface area contributed by atoms with Gasteiger partial charge in [-0.3, -0.25) is 0 Å². The van der Waals surface area contributed by atoms with Crippen LogP contribution in [0.5, 0.6) is 0 Å². The van der Waals surface area contributed by atoms with Gasteiger partial charge in [-0.05, 0) is 140 Å². The molecular formula is C66H54N2. The molecule has 0 fully saturated rings. The van der Waals surface area contributed by atoms with E-state index in [9.17, 15) is 0 Å². The summed E-state index contributed by atoms with van der Waals surface area (Å²) < 4.78 is 0. The maximum Gasteiger partial charge on any atom is 0.0505 e. The summed E-state index contributed by atoms with van der Waals surface area (Å²) in [5, 5.41) is 0. The SMILES string of the molecule is CC1(C)CC(C)(c2cccc(N(c3ccc(-c4ccccc4)cc3)c3ccc(-c4ccccc4)cc3)c2)c2c(N(c3ccc(-c4ccccc4)cc3)c3ccc(-c4ccccc4)cc3)cccc21. The van der Waals surface area contributed by atoms with Crippen LogP contribution in [0.15, 0.2) is 261 Å². The minimum atomic E-state index is -0.336. The van der Waals surface area contributed by atoms with E-state index in [1.165, 1.54) is 66.9 Å². The normalized spacial score (nSPS) is 14.8. The van der Waals surface area contributed by atoms with Gasteiger partial charge in [0.15, 0.2) is 0 Å². The standard InChI is InChI=1S/C66H54N2/c1-65(2)47-66(3,56-26-16-27-61(46-56)67(57-38-30-52(31-39-57)48-18-8-4-9-19-48)58-40-32-53(33-41-58)49-20-10-5-11-21-49)64-62(65)28-17-29-63(64)68(59-42-34-54(35-43-59)50-22-12-6-13-23-50)60-44-36-55(37-45-60)51-24-14-7-15-25-51/h4-46H,47H2,1-3H3. The van der Waals surface area contributed by atoms with Crippen LogP contribution in [0.4, 0.5) is 34.1 Å². The van der Waals surface area contributed by atoms with E-state index < -0.39 is 0 Å². The van der Waals surface area contributed by atoms with Gasteiger partial charge in [-0.1, -0.05) is 215 Å². The minimum absolute atomic E-state index is 0.0870. The molecule has 0 heterocycles. The number of benzene rings is 10. The lowest BCUT2D eigenvalue weighted by Gasteiger charge is -2.35. The molecule has 0 saturated heterocycles. The number of fused-ring (bicyclic) bond motifs is 1. The van der Waals surface area contributed by atoms with Crippen LogP contribution < -0.4 is 9.80 Å². The predicted octanol–water partition coefficient (Wildman–Crippen LogP) is 18.3. The van der Waals surface area contributed by atoms with Gasteiger partial charge < -0.3 is 9.80 Å². The Kier molecular flexibility index (Phi) is 11.2. The van der Waals surface area contributed by atoms with Crippen LogP contribution in [0.25, 0.3) is 44.5 Å². The van der Waals surface area contributed by atoms with Crippen molar-refractivity contribution in [3.05, 3.63) is 278 Å². The Morgan fingerprint density at radius 3 is 1.01 bits per heavy atom. The van der Waals surface area contributed by atoms with E-state index in [0.717, 1.165) is 34.9 Å². The highest BCUT2D eigenvalue weighted by molar-refractivity contribution is 5.85. The molecule has 1 unspecified atom stereocenters. The van der Waals surface area contributed by atoms with E-state index in [0.29, 0.717) is 0 Å². The molecule has 0 N–H and O–H groups in total. The van der Waals surface area contributed by atoms with Crippen LogP contribution in [-0.2, 0) is 10.8 Å². The lowest BCUT2D eigenvalue weighted by atomic mass is 9.74. The van der Waals surface area contributed by atoms with Crippen LogP contribution >= 0.6 is 0 Å². The molecule has 0 saturated carbocycles. The average molecular weight is 875 g/mol. The summed E-state index contributed by atoms with van der Waals surface area (Å²) in [6.07, 6.45) is 0.959. The summed E-state index contributed by atoms with van der Waals surface area (Å²) in [6, 6.07) is 95.1. The van der Waals surface area contributed by atoms with E-state index in [1.54, 1.807) is 0 Å². The van der Waals surface area contributed by atoms with E-state index in [-0.39, 0.29) is 10.8 Å². The second-order valence-corrected chi connectivity index (χ2v) is 19.0. The van der Waals surface area contributed by atoms with Crippen molar-refractivity contribution < 1.29 is 0 Å². The largest absolute Gasteiger partial charge is 0.310 e. The number of nitrogens with zero attached hydrogens (tertiary/aromatic N) is 2. The molecule has 1 aliphatic carbocycles. The molecule has 0 spiro atoms. The molecule has 1 atom stereocenters. The van der Waals surface area contributed by atoms with Gasteiger partial charge in [0, 0.05) is 33.9 Å². The summed E-state index contributed by atoms with van der Waals surface area (Å²) >= 11 is 0. The van der Waals surface area contributed by atoms with Crippen LogP contribution in [0, 0.1) is 0 Å². The fourth-order valence-electron chi connectivity index (χ4n) is 10.8. The van der Waals surface area contributed by atoms with Crippen LogP contribution in [0.2, 0.25) is 0 Å². The molecule has 0 radical (unpaired) electrons. The molecule has 0 bridgehead atoms. The molecule has 11 rings (SSSR count). The summed E-state index contributed by atoms with van der Waals surface area (Å²) in [4.78, 5) is 4.90. The van der Waals surface area contributed by atoms with E-state index >= 15 is 0 Å². The van der Waals surface area contributed by atoms with Crippen molar-refractivity contribution in [1.29, 1.82) is 0 Å². The zero-order valence-electron chi connectivity index (χ0n) is 38.9. The zero-order chi connectivity index (χ0) is 46.1. The third-order valence-corrected chi connectivity index (χ3v) is 14.0. The second kappa shape index (κ2) is 17.9. The van der Waals surface area contributed by atoms with Gasteiger partial charge in [-0.2, -0.15) is 0 Å². The Hall–Kier alpha value is -8.20. The molecule has 328 valence electrons. The maximum atomic E-state index is 2.49. The van der Waals surface area contributed by atoms with Crippen molar-refractivity contribution in [1.82, 2.24) is 0 Å². The smallest absolute Gasteiger partial charge is 0.0505 e. The number of hydrogen-bond acceptors (Lipinski definition) is 2. The van der Waals surface area contributed by atoms with Crippen molar-refractivity contribution in [2.45, 2.75) is 38.0 Å². The molecular weight excluding hydrogens is 821 g/mol. The fraction of sp³-hybridized carbons (Fsp3) is 0.0909. The van der Waals surface area contributed by atoms with Crippen LogP contribution in [-0.4, -0.2) is 0 Å². The first kappa shape index (κ1) is 42.4. The van der Waals surface area contributed by atoms with Gasteiger partial charge in [0.25, 0.3) is 0 Å².